The summed E-state index contributed by atoms with van der Waals surface area (Å²) < 4.78 is 27.9. The van der Waals surface area contributed by atoms with E-state index in [0.29, 0.717) is 12.4 Å². The predicted octanol–water partition coefficient (Wildman–Crippen LogP) is -0.879. The average Bonchev–Trinajstić information content (AvgIpc) is 2.76. The Hall–Kier alpha value is -1.45. The number of aromatic nitrogens is 2. The number of nitrogens with zero attached hydrogens (tertiary/aromatic N) is 2. The van der Waals surface area contributed by atoms with Crippen LogP contribution < -0.4 is 15.4 Å². The first-order valence-electron chi connectivity index (χ1n) is 6.70. The summed E-state index contributed by atoms with van der Waals surface area (Å²) in [6.07, 6.45) is 1.52. The number of nitrogens with one attached hydrogen (secondary N) is 3. The molecule has 0 radical (unpaired) electrons. The van der Waals surface area contributed by atoms with Crippen molar-refractivity contribution in [1.82, 2.24) is 24.9 Å². The molecule has 1 unspecified atom stereocenters. The van der Waals surface area contributed by atoms with Crippen LogP contribution in [0.5, 0.6) is 0 Å². The van der Waals surface area contributed by atoms with Gasteiger partial charge in [0.05, 0.1) is 0 Å². The van der Waals surface area contributed by atoms with Crippen molar-refractivity contribution in [3.05, 3.63) is 12.0 Å². The Morgan fingerprint density at radius 1 is 1.48 bits per heavy atom. The Labute approximate surface area is 125 Å². The summed E-state index contributed by atoms with van der Waals surface area (Å²) in [4.78, 5) is 15.5. The third kappa shape index (κ3) is 5.44. The summed E-state index contributed by atoms with van der Waals surface area (Å²) in [5, 5.41) is 5.67. The number of imidazole rings is 1. The molecule has 1 aromatic rings. The Kier molecular flexibility index (Phi) is 6.31. The van der Waals surface area contributed by atoms with Crippen LogP contribution in [0.2, 0.25) is 0 Å². The highest BCUT2D eigenvalue weighted by Crippen LogP contribution is 2.07. The molecule has 9 heteroatoms. The second-order valence-electron chi connectivity index (χ2n) is 4.88. The number of rotatable bonds is 8. The minimum absolute atomic E-state index is 0.0355. The summed E-state index contributed by atoms with van der Waals surface area (Å²) in [5.41, 5.74) is 0. The zero-order valence-electron chi connectivity index (χ0n) is 12.8. The molecule has 0 aliphatic rings. The van der Waals surface area contributed by atoms with E-state index in [0.717, 1.165) is 0 Å². The third-order valence-corrected chi connectivity index (χ3v) is 4.44. The molecular weight excluding hydrogens is 294 g/mol. The van der Waals surface area contributed by atoms with Crippen molar-refractivity contribution < 1.29 is 13.2 Å². The van der Waals surface area contributed by atoms with Gasteiger partial charge >= 0.3 is 0 Å². The van der Waals surface area contributed by atoms with Crippen molar-refractivity contribution in [2.45, 2.75) is 31.3 Å². The van der Waals surface area contributed by atoms with E-state index in [1.54, 1.807) is 25.6 Å². The third-order valence-electron chi connectivity index (χ3n) is 3.10. The summed E-state index contributed by atoms with van der Waals surface area (Å²) in [7, 11) is -0.143. The molecule has 21 heavy (non-hydrogen) atoms. The lowest BCUT2D eigenvalue weighted by atomic mass is 10.3. The van der Waals surface area contributed by atoms with Gasteiger partial charge in [-0.25, -0.2) is 18.1 Å². The molecule has 0 bridgehead atoms. The number of aryl methyl sites for hydroxylation is 2. The molecule has 1 rings (SSSR count). The summed E-state index contributed by atoms with van der Waals surface area (Å²) in [6.45, 7) is 4.20. The summed E-state index contributed by atoms with van der Waals surface area (Å²) in [6, 6.07) is 0.169. The fraction of sp³-hybridized carbons (Fsp3) is 0.667. The minimum Gasteiger partial charge on any atom is -0.355 e. The second-order valence-corrected chi connectivity index (χ2v) is 6.59. The van der Waals surface area contributed by atoms with Crippen LogP contribution in [-0.4, -0.2) is 50.1 Å². The largest absolute Gasteiger partial charge is 0.355 e. The molecule has 1 amide bonds. The van der Waals surface area contributed by atoms with Crippen molar-refractivity contribution in [3.63, 3.8) is 0 Å². The smallest absolute Gasteiger partial charge is 0.259 e. The number of likely N-dealkylation sites (N-methyl/N-ethyl adjacent to an activating group) is 1. The fourth-order valence-corrected chi connectivity index (χ4v) is 2.55. The molecule has 0 fully saturated rings. The van der Waals surface area contributed by atoms with Crippen molar-refractivity contribution in [2.24, 2.45) is 7.05 Å². The highest BCUT2D eigenvalue weighted by Gasteiger charge is 2.18. The highest BCUT2D eigenvalue weighted by atomic mass is 32.2. The van der Waals surface area contributed by atoms with Gasteiger partial charge in [0.2, 0.25) is 5.91 Å². The van der Waals surface area contributed by atoms with E-state index in [4.69, 9.17) is 0 Å². The Morgan fingerprint density at radius 2 is 2.14 bits per heavy atom. The Bertz CT molecular complexity index is 562. The summed E-state index contributed by atoms with van der Waals surface area (Å²) in [5.74, 6) is 0.408. The first-order chi connectivity index (χ1) is 9.76. The van der Waals surface area contributed by atoms with Crippen LogP contribution in [-0.2, 0) is 21.9 Å². The summed E-state index contributed by atoms with van der Waals surface area (Å²) >= 11 is 0. The first kappa shape index (κ1) is 17.6. The zero-order chi connectivity index (χ0) is 16.0. The van der Waals surface area contributed by atoms with E-state index in [1.165, 1.54) is 6.20 Å². The molecule has 3 N–H and O–H groups in total. The zero-order valence-corrected chi connectivity index (χ0v) is 13.6. The van der Waals surface area contributed by atoms with E-state index >= 15 is 0 Å². The van der Waals surface area contributed by atoms with Crippen molar-refractivity contribution in [2.75, 3.05) is 20.1 Å². The van der Waals surface area contributed by atoms with E-state index in [-0.39, 0.29) is 29.9 Å². The number of carbonyl (C=O) groups excluding carboxylic acids is 1. The van der Waals surface area contributed by atoms with Crippen molar-refractivity contribution >= 4 is 15.9 Å². The number of carbonyl (C=O) groups is 1. The Balaban J connectivity index is 2.42. The molecule has 0 aliphatic heterocycles. The monoisotopic (exact) mass is 317 g/mol. The molecule has 0 spiro atoms. The van der Waals surface area contributed by atoms with Crippen LogP contribution >= 0.6 is 0 Å². The van der Waals surface area contributed by atoms with Crippen LogP contribution in [0.25, 0.3) is 0 Å². The van der Waals surface area contributed by atoms with Crippen LogP contribution in [0.4, 0.5) is 0 Å². The molecular formula is C12H23N5O3S. The fourth-order valence-electron chi connectivity index (χ4n) is 1.49. The van der Waals surface area contributed by atoms with Gasteiger partial charge in [0, 0.05) is 38.8 Å². The molecule has 0 saturated carbocycles. The highest BCUT2D eigenvalue weighted by molar-refractivity contribution is 7.89. The van der Waals surface area contributed by atoms with Gasteiger partial charge in [0.1, 0.15) is 5.82 Å². The number of amides is 1. The van der Waals surface area contributed by atoms with Gasteiger partial charge in [-0.15, -0.1) is 0 Å². The van der Waals surface area contributed by atoms with Gasteiger partial charge in [0.25, 0.3) is 10.0 Å². The molecule has 1 atom stereocenters. The van der Waals surface area contributed by atoms with Gasteiger partial charge in [0.15, 0.2) is 5.03 Å². The van der Waals surface area contributed by atoms with Crippen molar-refractivity contribution in [3.8, 4) is 0 Å². The predicted molar refractivity (Wildman–Crippen MR) is 79.3 cm³/mol. The van der Waals surface area contributed by atoms with Crippen molar-refractivity contribution in [1.29, 1.82) is 0 Å². The standard InChI is InChI=1S/C12H23N5O3S/c1-9(13-3)7-14-11(18)5-6-15-21(19,20)12-8-17(4)10(2)16-12/h8-9,13,15H,5-7H2,1-4H3,(H,14,18). The number of sulfonamides is 1. The minimum atomic E-state index is -3.67. The van der Waals surface area contributed by atoms with Crippen LogP contribution in [0.3, 0.4) is 0 Å². The van der Waals surface area contributed by atoms with E-state index in [2.05, 4.69) is 20.3 Å². The lowest BCUT2D eigenvalue weighted by molar-refractivity contribution is -0.121. The lowest BCUT2D eigenvalue weighted by Gasteiger charge is -2.11. The SMILES string of the molecule is CNC(C)CNC(=O)CCNS(=O)(=O)c1cn(C)c(C)n1. The maximum atomic E-state index is 12.0. The van der Waals surface area contributed by atoms with Gasteiger partial charge in [-0.3, -0.25) is 4.79 Å². The van der Waals surface area contributed by atoms with Gasteiger partial charge < -0.3 is 15.2 Å². The quantitative estimate of drug-likeness (QED) is 0.577. The normalized spacial score (nSPS) is 13.1. The maximum Gasteiger partial charge on any atom is 0.259 e. The molecule has 8 nitrogen and oxygen atoms in total. The van der Waals surface area contributed by atoms with Gasteiger partial charge in [-0.1, -0.05) is 0 Å². The maximum absolute atomic E-state index is 12.0. The topological polar surface area (TPSA) is 105 Å². The van der Waals surface area contributed by atoms with Crippen LogP contribution in [0.15, 0.2) is 11.2 Å². The molecule has 120 valence electrons. The van der Waals surface area contributed by atoms with Crippen LogP contribution in [0.1, 0.15) is 19.2 Å². The van der Waals surface area contributed by atoms with Crippen LogP contribution in [0, 0.1) is 6.92 Å². The molecule has 1 aromatic heterocycles. The number of hydrogen-bond donors (Lipinski definition) is 3. The molecule has 1 heterocycles. The molecule has 0 aromatic carbocycles. The van der Waals surface area contributed by atoms with Gasteiger partial charge in [-0.05, 0) is 20.9 Å². The molecule has 0 aliphatic carbocycles. The second kappa shape index (κ2) is 7.53. The lowest BCUT2D eigenvalue weighted by Crippen LogP contribution is -2.38. The Morgan fingerprint density at radius 3 is 2.67 bits per heavy atom. The average molecular weight is 317 g/mol. The number of hydrogen-bond acceptors (Lipinski definition) is 5. The first-order valence-corrected chi connectivity index (χ1v) is 8.18. The van der Waals surface area contributed by atoms with E-state index in [9.17, 15) is 13.2 Å². The molecule has 0 saturated heterocycles. The van der Waals surface area contributed by atoms with E-state index < -0.39 is 10.0 Å². The van der Waals surface area contributed by atoms with E-state index in [1.807, 2.05) is 6.92 Å². The van der Waals surface area contributed by atoms with Gasteiger partial charge in [-0.2, -0.15) is 0 Å².